The van der Waals surface area contributed by atoms with Crippen molar-refractivity contribution >= 4 is 17.5 Å². The number of carbonyl (C=O) groups excluding carboxylic acids is 2. The summed E-state index contributed by atoms with van der Waals surface area (Å²) in [6.45, 7) is 0.757. The Balaban J connectivity index is 1.65. The van der Waals surface area contributed by atoms with Crippen LogP contribution < -0.4 is 10.2 Å². The Morgan fingerprint density at radius 1 is 1.11 bits per heavy atom. The summed E-state index contributed by atoms with van der Waals surface area (Å²) >= 11 is 0. The lowest BCUT2D eigenvalue weighted by Gasteiger charge is -2.16. The van der Waals surface area contributed by atoms with Crippen molar-refractivity contribution in [1.82, 2.24) is 5.32 Å². The molecule has 0 aromatic heterocycles. The third-order valence-electron chi connectivity index (χ3n) is 4.31. The Hall–Kier alpha value is -2.90. The summed E-state index contributed by atoms with van der Waals surface area (Å²) in [5, 5.41) is 2.50. The number of amides is 2. The van der Waals surface area contributed by atoms with Gasteiger partial charge < -0.3 is 10.2 Å². The Kier molecular flexibility index (Phi) is 5.16. The number of hydrogen-bond acceptors (Lipinski definition) is 2. The molecule has 4 nitrogen and oxygen atoms in total. The molecule has 0 saturated carbocycles. The first-order chi connectivity index (χ1) is 12.8. The van der Waals surface area contributed by atoms with Gasteiger partial charge in [-0.3, -0.25) is 9.59 Å². The van der Waals surface area contributed by atoms with Crippen LogP contribution in [0.5, 0.6) is 0 Å². The quantitative estimate of drug-likeness (QED) is 0.818. The van der Waals surface area contributed by atoms with E-state index in [1.54, 1.807) is 29.2 Å². The Bertz CT molecular complexity index is 863. The summed E-state index contributed by atoms with van der Waals surface area (Å²) in [5.41, 5.74) is -0.268. The first kappa shape index (κ1) is 18.9. The predicted octanol–water partition coefficient (Wildman–Crippen LogP) is 3.90. The SMILES string of the molecule is O=C(NCc1ccc(N2CCCC2=O)cc1)c1ccc(F)c(C(F)(F)F)c1. The number of alkyl halides is 3. The second-order valence-electron chi connectivity index (χ2n) is 6.19. The molecule has 2 aromatic rings. The van der Waals surface area contributed by atoms with Crippen LogP contribution in [-0.2, 0) is 17.5 Å². The second kappa shape index (κ2) is 7.38. The van der Waals surface area contributed by atoms with Crippen LogP contribution in [0, 0.1) is 5.82 Å². The van der Waals surface area contributed by atoms with E-state index in [1.165, 1.54) is 0 Å². The van der Waals surface area contributed by atoms with Gasteiger partial charge in [0, 0.05) is 30.8 Å². The zero-order valence-electron chi connectivity index (χ0n) is 14.1. The van der Waals surface area contributed by atoms with E-state index in [0.717, 1.165) is 23.7 Å². The number of benzene rings is 2. The van der Waals surface area contributed by atoms with Gasteiger partial charge in [0.1, 0.15) is 5.82 Å². The fourth-order valence-corrected chi connectivity index (χ4v) is 2.88. The van der Waals surface area contributed by atoms with E-state index in [2.05, 4.69) is 5.32 Å². The van der Waals surface area contributed by atoms with Crippen molar-refractivity contribution in [2.24, 2.45) is 0 Å². The molecular weight excluding hydrogens is 364 g/mol. The maximum Gasteiger partial charge on any atom is 0.419 e. The third-order valence-corrected chi connectivity index (χ3v) is 4.31. The van der Waals surface area contributed by atoms with Crippen molar-refractivity contribution in [1.29, 1.82) is 0 Å². The molecule has 2 amide bonds. The normalized spacial score (nSPS) is 14.5. The standard InChI is InChI=1S/C19H16F4N2O2/c20-16-8-5-13(10-15(16)19(21,22)23)18(27)24-11-12-3-6-14(7-4-12)25-9-1-2-17(25)26/h3-8,10H,1-2,9,11H2,(H,24,27). The Morgan fingerprint density at radius 2 is 1.81 bits per heavy atom. The fraction of sp³-hybridized carbons (Fsp3) is 0.263. The van der Waals surface area contributed by atoms with Crippen molar-refractivity contribution in [2.45, 2.75) is 25.6 Å². The van der Waals surface area contributed by atoms with E-state index in [9.17, 15) is 27.2 Å². The van der Waals surface area contributed by atoms with Crippen molar-refractivity contribution < 1.29 is 27.2 Å². The molecule has 0 unspecified atom stereocenters. The van der Waals surface area contributed by atoms with Gasteiger partial charge >= 0.3 is 6.18 Å². The van der Waals surface area contributed by atoms with E-state index >= 15 is 0 Å². The summed E-state index contributed by atoms with van der Waals surface area (Å²) in [5.74, 6) is -2.10. The average Bonchev–Trinajstić information content (AvgIpc) is 3.05. The Labute approximate surface area is 152 Å². The highest BCUT2D eigenvalue weighted by Gasteiger charge is 2.34. The van der Waals surface area contributed by atoms with Crippen LogP contribution in [0.15, 0.2) is 42.5 Å². The number of nitrogens with zero attached hydrogens (tertiary/aromatic N) is 1. The molecule has 0 bridgehead atoms. The molecule has 2 aromatic carbocycles. The summed E-state index contributed by atoms with van der Waals surface area (Å²) in [6.07, 6.45) is -3.53. The number of carbonyl (C=O) groups is 2. The minimum atomic E-state index is -4.87. The van der Waals surface area contributed by atoms with Crippen molar-refractivity contribution in [3.63, 3.8) is 0 Å². The van der Waals surface area contributed by atoms with Gasteiger partial charge in [0.2, 0.25) is 5.91 Å². The van der Waals surface area contributed by atoms with Crippen molar-refractivity contribution in [3.8, 4) is 0 Å². The number of nitrogens with one attached hydrogen (secondary N) is 1. The first-order valence-electron chi connectivity index (χ1n) is 8.30. The molecule has 0 aliphatic carbocycles. The lowest BCUT2D eigenvalue weighted by molar-refractivity contribution is -0.140. The molecule has 1 aliphatic heterocycles. The van der Waals surface area contributed by atoms with E-state index in [4.69, 9.17) is 0 Å². The van der Waals surface area contributed by atoms with E-state index in [0.29, 0.717) is 25.1 Å². The summed E-state index contributed by atoms with van der Waals surface area (Å²) in [6, 6.07) is 9.09. The molecule has 3 rings (SSSR count). The molecule has 0 atom stereocenters. The zero-order chi connectivity index (χ0) is 19.6. The topological polar surface area (TPSA) is 49.4 Å². The van der Waals surface area contributed by atoms with Crippen LogP contribution in [0.1, 0.15) is 34.3 Å². The highest BCUT2D eigenvalue weighted by atomic mass is 19.4. The maximum atomic E-state index is 13.3. The van der Waals surface area contributed by atoms with Gasteiger partial charge in [0.05, 0.1) is 5.56 Å². The Morgan fingerprint density at radius 3 is 2.41 bits per heavy atom. The molecule has 27 heavy (non-hydrogen) atoms. The molecule has 142 valence electrons. The van der Waals surface area contributed by atoms with E-state index in [-0.39, 0.29) is 18.0 Å². The summed E-state index contributed by atoms with van der Waals surface area (Å²) < 4.78 is 51.5. The predicted molar refractivity (Wildman–Crippen MR) is 90.6 cm³/mol. The largest absolute Gasteiger partial charge is 0.419 e. The zero-order valence-corrected chi connectivity index (χ0v) is 14.1. The highest BCUT2D eigenvalue weighted by Crippen LogP contribution is 2.31. The molecule has 0 spiro atoms. The monoisotopic (exact) mass is 380 g/mol. The fourth-order valence-electron chi connectivity index (χ4n) is 2.88. The van der Waals surface area contributed by atoms with E-state index in [1.807, 2.05) is 0 Å². The minimum Gasteiger partial charge on any atom is -0.348 e. The second-order valence-corrected chi connectivity index (χ2v) is 6.19. The van der Waals surface area contributed by atoms with Gasteiger partial charge in [-0.15, -0.1) is 0 Å². The van der Waals surface area contributed by atoms with Gasteiger partial charge in [-0.05, 0) is 42.3 Å². The van der Waals surface area contributed by atoms with Crippen LogP contribution in [0.25, 0.3) is 0 Å². The molecule has 8 heteroatoms. The van der Waals surface area contributed by atoms with Gasteiger partial charge in [0.15, 0.2) is 0 Å². The van der Waals surface area contributed by atoms with Crippen LogP contribution in [0.4, 0.5) is 23.2 Å². The molecule has 1 heterocycles. The average molecular weight is 380 g/mol. The summed E-state index contributed by atoms with van der Waals surface area (Å²) in [7, 11) is 0. The summed E-state index contributed by atoms with van der Waals surface area (Å²) in [4.78, 5) is 25.5. The van der Waals surface area contributed by atoms with Crippen molar-refractivity contribution in [2.75, 3.05) is 11.4 Å². The van der Waals surface area contributed by atoms with Crippen LogP contribution >= 0.6 is 0 Å². The number of halogens is 4. The van der Waals surface area contributed by atoms with E-state index < -0.39 is 23.5 Å². The molecule has 0 radical (unpaired) electrons. The smallest absolute Gasteiger partial charge is 0.348 e. The number of anilines is 1. The molecule has 1 fully saturated rings. The van der Waals surface area contributed by atoms with Crippen LogP contribution in [0.2, 0.25) is 0 Å². The minimum absolute atomic E-state index is 0.0628. The van der Waals surface area contributed by atoms with Crippen LogP contribution in [0.3, 0.4) is 0 Å². The number of rotatable bonds is 4. The van der Waals surface area contributed by atoms with Gasteiger partial charge in [-0.1, -0.05) is 12.1 Å². The lowest BCUT2D eigenvalue weighted by Crippen LogP contribution is -2.24. The molecule has 1 N–H and O–H groups in total. The van der Waals surface area contributed by atoms with Crippen molar-refractivity contribution in [3.05, 3.63) is 65.0 Å². The maximum absolute atomic E-state index is 13.3. The first-order valence-corrected chi connectivity index (χ1v) is 8.30. The highest BCUT2D eigenvalue weighted by molar-refractivity contribution is 5.95. The van der Waals surface area contributed by atoms with Gasteiger partial charge in [0.25, 0.3) is 5.91 Å². The van der Waals surface area contributed by atoms with Crippen LogP contribution in [-0.4, -0.2) is 18.4 Å². The third kappa shape index (κ3) is 4.27. The molecule has 1 aliphatic rings. The van der Waals surface area contributed by atoms with Gasteiger partial charge in [-0.2, -0.15) is 13.2 Å². The molecule has 1 saturated heterocycles. The lowest BCUT2D eigenvalue weighted by atomic mass is 10.1. The number of hydrogen-bond donors (Lipinski definition) is 1. The van der Waals surface area contributed by atoms with Gasteiger partial charge in [-0.25, -0.2) is 4.39 Å². The molecular formula is C19H16F4N2O2.